The fourth-order valence-electron chi connectivity index (χ4n) is 2.76. The minimum Gasteiger partial charge on any atom is -0.309 e. The molecule has 17 heavy (non-hydrogen) atoms. The Labute approximate surface area is 109 Å². The molecule has 1 fully saturated rings. The molecule has 0 spiro atoms. The Morgan fingerprint density at radius 1 is 1.24 bits per heavy atom. The molecule has 1 aliphatic carbocycles. The van der Waals surface area contributed by atoms with Crippen molar-refractivity contribution in [2.45, 2.75) is 65.5 Å². The van der Waals surface area contributed by atoms with E-state index in [0.717, 1.165) is 12.5 Å². The second-order valence-electron chi connectivity index (χ2n) is 5.34. The molecule has 2 nitrogen and oxygen atoms in total. The van der Waals surface area contributed by atoms with Gasteiger partial charge in [0.1, 0.15) is 0 Å². The summed E-state index contributed by atoms with van der Waals surface area (Å²) in [5, 5.41) is 4.94. The lowest BCUT2D eigenvalue weighted by atomic mass is 9.97. The number of hydrogen-bond acceptors (Lipinski definition) is 3. The van der Waals surface area contributed by atoms with E-state index in [0.29, 0.717) is 6.04 Å². The maximum Gasteiger partial charge on any atom is 0.0900 e. The molecule has 0 aromatic carbocycles. The summed E-state index contributed by atoms with van der Waals surface area (Å²) in [5.74, 6) is 0.826. The summed E-state index contributed by atoms with van der Waals surface area (Å²) >= 11 is 1.84. The van der Waals surface area contributed by atoms with Gasteiger partial charge in [0, 0.05) is 17.5 Å². The minimum atomic E-state index is 0.708. The van der Waals surface area contributed by atoms with E-state index in [9.17, 15) is 0 Å². The number of rotatable bonds is 3. The van der Waals surface area contributed by atoms with Crippen LogP contribution < -0.4 is 5.32 Å². The predicted molar refractivity (Wildman–Crippen MR) is 74.5 cm³/mol. The third-order valence-electron chi connectivity index (χ3n) is 3.89. The first-order valence-corrected chi connectivity index (χ1v) is 7.64. The molecule has 0 amide bonds. The van der Waals surface area contributed by atoms with Gasteiger partial charge in [-0.05, 0) is 32.6 Å². The number of nitrogens with one attached hydrogen (secondary N) is 1. The summed E-state index contributed by atoms with van der Waals surface area (Å²) < 4.78 is 0. The van der Waals surface area contributed by atoms with Crippen LogP contribution in [0.4, 0.5) is 0 Å². The standard InChI is InChI=1S/C14H24N2S/c1-10-7-5-4-6-8-13(10)15-9-14-11(2)16-12(3)17-14/h10,13,15H,4-9H2,1-3H3. The van der Waals surface area contributed by atoms with Crippen LogP contribution in [-0.4, -0.2) is 11.0 Å². The molecular weight excluding hydrogens is 228 g/mol. The lowest BCUT2D eigenvalue weighted by Gasteiger charge is -2.22. The van der Waals surface area contributed by atoms with Crippen molar-refractivity contribution in [2.75, 3.05) is 0 Å². The highest BCUT2D eigenvalue weighted by molar-refractivity contribution is 7.11. The SMILES string of the molecule is Cc1nc(C)c(CNC2CCCCCC2C)s1. The minimum absolute atomic E-state index is 0.708. The van der Waals surface area contributed by atoms with Crippen LogP contribution in [0.3, 0.4) is 0 Å². The Kier molecular flexibility index (Phi) is 4.57. The van der Waals surface area contributed by atoms with E-state index in [1.807, 2.05) is 11.3 Å². The van der Waals surface area contributed by atoms with Gasteiger partial charge in [0.25, 0.3) is 0 Å². The summed E-state index contributed by atoms with van der Waals surface area (Å²) in [5.41, 5.74) is 1.21. The largest absolute Gasteiger partial charge is 0.309 e. The first-order chi connectivity index (χ1) is 8.16. The second-order valence-corrected chi connectivity index (χ2v) is 6.63. The van der Waals surface area contributed by atoms with E-state index in [1.165, 1.54) is 47.7 Å². The third kappa shape index (κ3) is 3.52. The van der Waals surface area contributed by atoms with Crippen LogP contribution in [0.25, 0.3) is 0 Å². The maximum absolute atomic E-state index is 4.49. The molecule has 2 rings (SSSR count). The number of nitrogens with zero attached hydrogens (tertiary/aromatic N) is 1. The van der Waals surface area contributed by atoms with Gasteiger partial charge in [0.2, 0.25) is 0 Å². The van der Waals surface area contributed by atoms with Crippen molar-refractivity contribution >= 4 is 11.3 Å². The molecule has 1 heterocycles. The second kappa shape index (κ2) is 5.96. The van der Waals surface area contributed by atoms with Crippen molar-refractivity contribution in [1.82, 2.24) is 10.3 Å². The van der Waals surface area contributed by atoms with Gasteiger partial charge in [-0.3, -0.25) is 0 Å². The smallest absolute Gasteiger partial charge is 0.0900 e. The summed E-state index contributed by atoms with van der Waals surface area (Å²) in [6.07, 6.45) is 6.96. The van der Waals surface area contributed by atoms with Crippen LogP contribution in [0.1, 0.15) is 54.6 Å². The molecule has 2 atom stereocenters. The van der Waals surface area contributed by atoms with Crippen molar-refractivity contribution in [2.24, 2.45) is 5.92 Å². The molecule has 0 radical (unpaired) electrons. The number of thiazole rings is 1. The van der Waals surface area contributed by atoms with Crippen LogP contribution in [-0.2, 0) is 6.54 Å². The Bertz CT molecular complexity index is 359. The van der Waals surface area contributed by atoms with Crippen LogP contribution in [0.15, 0.2) is 0 Å². The topological polar surface area (TPSA) is 24.9 Å². The van der Waals surface area contributed by atoms with Gasteiger partial charge in [0.15, 0.2) is 0 Å². The molecule has 0 bridgehead atoms. The molecule has 0 saturated heterocycles. The molecule has 96 valence electrons. The van der Waals surface area contributed by atoms with Crippen molar-refractivity contribution in [3.63, 3.8) is 0 Å². The van der Waals surface area contributed by atoms with E-state index >= 15 is 0 Å². The summed E-state index contributed by atoms with van der Waals surface area (Å²) in [6, 6.07) is 0.708. The molecule has 0 aliphatic heterocycles. The molecule has 1 aromatic rings. The molecular formula is C14H24N2S. The molecule has 3 heteroatoms. The fourth-order valence-corrected chi connectivity index (χ4v) is 3.65. The van der Waals surface area contributed by atoms with Crippen molar-refractivity contribution in [3.8, 4) is 0 Å². The van der Waals surface area contributed by atoms with E-state index < -0.39 is 0 Å². The van der Waals surface area contributed by atoms with Crippen LogP contribution in [0.2, 0.25) is 0 Å². The zero-order valence-electron chi connectivity index (χ0n) is 11.3. The van der Waals surface area contributed by atoms with Gasteiger partial charge in [-0.2, -0.15) is 0 Å². The average molecular weight is 252 g/mol. The van der Waals surface area contributed by atoms with Gasteiger partial charge >= 0.3 is 0 Å². The van der Waals surface area contributed by atoms with Crippen molar-refractivity contribution in [1.29, 1.82) is 0 Å². The van der Waals surface area contributed by atoms with Crippen molar-refractivity contribution in [3.05, 3.63) is 15.6 Å². The Balaban J connectivity index is 1.90. The molecule has 1 aliphatic rings. The summed E-state index contributed by atoms with van der Waals surface area (Å²) in [4.78, 5) is 5.91. The van der Waals surface area contributed by atoms with Gasteiger partial charge in [0.05, 0.1) is 10.7 Å². The van der Waals surface area contributed by atoms with Gasteiger partial charge in [-0.15, -0.1) is 11.3 Å². The quantitative estimate of drug-likeness (QED) is 0.827. The highest BCUT2D eigenvalue weighted by Gasteiger charge is 2.19. The molecule has 2 unspecified atom stereocenters. The van der Waals surface area contributed by atoms with Gasteiger partial charge < -0.3 is 5.32 Å². The lowest BCUT2D eigenvalue weighted by Crippen LogP contribution is -2.33. The van der Waals surface area contributed by atoms with Crippen LogP contribution >= 0.6 is 11.3 Å². The normalized spacial score (nSPS) is 25.8. The summed E-state index contributed by atoms with van der Waals surface area (Å²) in [7, 11) is 0. The number of aromatic nitrogens is 1. The molecule has 1 N–H and O–H groups in total. The van der Waals surface area contributed by atoms with E-state index in [1.54, 1.807) is 0 Å². The molecule has 1 aromatic heterocycles. The van der Waals surface area contributed by atoms with E-state index in [2.05, 4.69) is 31.1 Å². The summed E-state index contributed by atoms with van der Waals surface area (Å²) in [6.45, 7) is 7.62. The van der Waals surface area contributed by atoms with Crippen LogP contribution in [0.5, 0.6) is 0 Å². The highest BCUT2D eigenvalue weighted by Crippen LogP contribution is 2.24. The zero-order valence-corrected chi connectivity index (χ0v) is 12.1. The zero-order chi connectivity index (χ0) is 12.3. The monoisotopic (exact) mass is 252 g/mol. The van der Waals surface area contributed by atoms with Crippen molar-refractivity contribution < 1.29 is 0 Å². The number of aryl methyl sites for hydroxylation is 2. The lowest BCUT2D eigenvalue weighted by molar-refractivity contribution is 0.357. The Morgan fingerprint density at radius 2 is 2.00 bits per heavy atom. The van der Waals surface area contributed by atoms with E-state index in [4.69, 9.17) is 0 Å². The molecule has 1 saturated carbocycles. The van der Waals surface area contributed by atoms with E-state index in [-0.39, 0.29) is 0 Å². The third-order valence-corrected chi connectivity index (χ3v) is 4.96. The maximum atomic E-state index is 4.49. The highest BCUT2D eigenvalue weighted by atomic mass is 32.1. The van der Waals surface area contributed by atoms with Gasteiger partial charge in [-0.1, -0.05) is 26.2 Å². The van der Waals surface area contributed by atoms with Crippen LogP contribution in [0, 0.1) is 19.8 Å². The Morgan fingerprint density at radius 3 is 2.71 bits per heavy atom. The first kappa shape index (κ1) is 13.0. The predicted octanol–water partition coefficient (Wildman–Crippen LogP) is 3.82. The Hall–Kier alpha value is -0.410. The fraction of sp³-hybridized carbons (Fsp3) is 0.786. The number of hydrogen-bond donors (Lipinski definition) is 1. The van der Waals surface area contributed by atoms with Gasteiger partial charge in [-0.25, -0.2) is 4.98 Å². The first-order valence-electron chi connectivity index (χ1n) is 6.83. The average Bonchev–Trinajstić information content (AvgIpc) is 2.48.